The Balaban J connectivity index is 3.43. The third-order valence-electron chi connectivity index (χ3n) is 6.15. The predicted octanol–water partition coefficient (Wildman–Crippen LogP) is 6.39. The van der Waals surface area contributed by atoms with E-state index in [-0.39, 0.29) is 13.2 Å². The third kappa shape index (κ3) is 19.0. The van der Waals surface area contributed by atoms with Crippen LogP contribution < -0.4 is 0 Å². The number of rotatable bonds is 25. The van der Waals surface area contributed by atoms with Crippen LogP contribution in [0, 0.1) is 0 Å². The number of hydrogen-bond acceptors (Lipinski definition) is 5. The SMILES string of the molecule is CCCCCCCCCCCCCCCCOCCCC(CC)(OC)OCC(O)CO. The summed E-state index contributed by atoms with van der Waals surface area (Å²) in [6.45, 7) is 5.60. The van der Waals surface area contributed by atoms with Gasteiger partial charge < -0.3 is 24.4 Å². The molecular formula is C26H54O5. The second-order valence-corrected chi connectivity index (χ2v) is 8.93. The molecule has 188 valence electrons. The Hall–Kier alpha value is -0.200. The fourth-order valence-electron chi connectivity index (χ4n) is 3.90. The Morgan fingerprint density at radius 1 is 0.710 bits per heavy atom. The van der Waals surface area contributed by atoms with E-state index in [4.69, 9.17) is 19.3 Å². The van der Waals surface area contributed by atoms with Gasteiger partial charge in [-0.2, -0.15) is 0 Å². The van der Waals surface area contributed by atoms with Crippen molar-refractivity contribution in [3.63, 3.8) is 0 Å². The van der Waals surface area contributed by atoms with Gasteiger partial charge in [-0.3, -0.25) is 0 Å². The molecule has 0 spiro atoms. The molecule has 0 aliphatic heterocycles. The van der Waals surface area contributed by atoms with Crippen LogP contribution in [0.3, 0.4) is 0 Å². The highest BCUT2D eigenvalue weighted by molar-refractivity contribution is 4.69. The van der Waals surface area contributed by atoms with Crippen LogP contribution in [0.4, 0.5) is 0 Å². The molecule has 0 radical (unpaired) electrons. The van der Waals surface area contributed by atoms with E-state index in [0.717, 1.165) is 25.9 Å². The lowest BCUT2D eigenvalue weighted by atomic mass is 10.0. The molecule has 5 nitrogen and oxygen atoms in total. The number of ether oxygens (including phenoxy) is 3. The second kappa shape index (κ2) is 23.0. The van der Waals surface area contributed by atoms with Gasteiger partial charge in [0.15, 0.2) is 5.79 Å². The van der Waals surface area contributed by atoms with Gasteiger partial charge in [-0.1, -0.05) is 97.3 Å². The molecule has 31 heavy (non-hydrogen) atoms. The van der Waals surface area contributed by atoms with Gasteiger partial charge in [0.1, 0.15) is 6.10 Å². The smallest absolute Gasteiger partial charge is 0.167 e. The van der Waals surface area contributed by atoms with E-state index < -0.39 is 11.9 Å². The van der Waals surface area contributed by atoms with Crippen LogP contribution in [0.2, 0.25) is 0 Å². The standard InChI is InChI=1S/C26H54O5/c1-4-6-7-8-9-10-11-12-13-14-15-16-17-18-21-30-22-19-20-26(5-2,29-3)31-24-25(28)23-27/h25,27-28H,4-24H2,1-3H3. The summed E-state index contributed by atoms with van der Waals surface area (Å²) in [5, 5.41) is 18.4. The van der Waals surface area contributed by atoms with Crippen molar-refractivity contribution in [1.82, 2.24) is 0 Å². The van der Waals surface area contributed by atoms with Crippen LogP contribution in [-0.4, -0.2) is 55.6 Å². The van der Waals surface area contributed by atoms with Crippen LogP contribution in [0.15, 0.2) is 0 Å². The first kappa shape index (κ1) is 30.8. The van der Waals surface area contributed by atoms with E-state index in [9.17, 15) is 5.11 Å². The van der Waals surface area contributed by atoms with Crippen LogP contribution in [-0.2, 0) is 14.2 Å². The van der Waals surface area contributed by atoms with Crippen molar-refractivity contribution >= 4 is 0 Å². The number of methoxy groups -OCH3 is 1. The zero-order valence-electron chi connectivity index (χ0n) is 21.0. The maximum absolute atomic E-state index is 9.48. The lowest BCUT2D eigenvalue weighted by Crippen LogP contribution is -2.38. The van der Waals surface area contributed by atoms with Crippen LogP contribution in [0.5, 0.6) is 0 Å². The molecule has 0 aliphatic rings. The monoisotopic (exact) mass is 446 g/mol. The van der Waals surface area contributed by atoms with Gasteiger partial charge in [-0.15, -0.1) is 0 Å². The van der Waals surface area contributed by atoms with Gasteiger partial charge in [-0.25, -0.2) is 0 Å². The van der Waals surface area contributed by atoms with Crippen LogP contribution in [0.25, 0.3) is 0 Å². The highest BCUT2D eigenvalue weighted by Gasteiger charge is 2.29. The Bertz CT molecular complexity index is 347. The molecule has 0 aliphatic carbocycles. The molecule has 2 atom stereocenters. The average Bonchev–Trinajstić information content (AvgIpc) is 2.80. The average molecular weight is 447 g/mol. The molecule has 2 unspecified atom stereocenters. The molecule has 0 bridgehead atoms. The highest BCUT2D eigenvalue weighted by Crippen LogP contribution is 2.24. The summed E-state index contributed by atoms with van der Waals surface area (Å²) in [4.78, 5) is 0. The van der Waals surface area contributed by atoms with Gasteiger partial charge in [0.2, 0.25) is 0 Å². The summed E-state index contributed by atoms with van der Waals surface area (Å²) in [7, 11) is 1.63. The maximum Gasteiger partial charge on any atom is 0.167 e. The minimum absolute atomic E-state index is 0.0814. The first-order valence-electron chi connectivity index (χ1n) is 13.2. The normalized spacial score (nSPS) is 14.6. The number of aliphatic hydroxyl groups excluding tert-OH is 2. The van der Waals surface area contributed by atoms with Crippen LogP contribution in [0.1, 0.15) is 123 Å². The molecular weight excluding hydrogens is 392 g/mol. The van der Waals surface area contributed by atoms with Crippen LogP contribution >= 0.6 is 0 Å². The Labute approximate surface area is 193 Å². The van der Waals surface area contributed by atoms with E-state index in [1.54, 1.807) is 7.11 Å². The van der Waals surface area contributed by atoms with Crippen molar-refractivity contribution in [2.24, 2.45) is 0 Å². The van der Waals surface area contributed by atoms with Crippen molar-refractivity contribution in [3.05, 3.63) is 0 Å². The third-order valence-corrected chi connectivity index (χ3v) is 6.15. The van der Waals surface area contributed by atoms with Crippen molar-refractivity contribution < 1.29 is 24.4 Å². The summed E-state index contributed by atoms with van der Waals surface area (Å²) in [5.74, 6) is -0.700. The van der Waals surface area contributed by atoms with E-state index in [2.05, 4.69) is 6.92 Å². The predicted molar refractivity (Wildman–Crippen MR) is 129 cm³/mol. The highest BCUT2D eigenvalue weighted by atomic mass is 16.7. The van der Waals surface area contributed by atoms with Gasteiger partial charge in [0.05, 0.1) is 13.2 Å². The Kier molecular flexibility index (Phi) is 22.8. The molecule has 0 aromatic heterocycles. The molecule has 5 heteroatoms. The molecule has 0 fully saturated rings. The Morgan fingerprint density at radius 3 is 1.65 bits per heavy atom. The van der Waals surface area contributed by atoms with E-state index in [0.29, 0.717) is 13.0 Å². The van der Waals surface area contributed by atoms with E-state index in [1.165, 1.54) is 83.5 Å². The molecule has 0 aromatic rings. The summed E-state index contributed by atoms with van der Waals surface area (Å²) < 4.78 is 17.0. The van der Waals surface area contributed by atoms with Crippen molar-refractivity contribution in [2.75, 3.05) is 33.5 Å². The fraction of sp³-hybridized carbons (Fsp3) is 1.00. The number of hydrogen-bond donors (Lipinski definition) is 2. The summed E-state index contributed by atoms with van der Waals surface area (Å²) in [6.07, 6.45) is 20.6. The first-order chi connectivity index (χ1) is 15.1. The largest absolute Gasteiger partial charge is 0.394 e. The summed E-state index contributed by atoms with van der Waals surface area (Å²) in [6, 6.07) is 0. The number of unbranched alkanes of at least 4 members (excludes halogenated alkanes) is 13. The molecule has 0 heterocycles. The number of aliphatic hydroxyl groups is 2. The molecule has 2 N–H and O–H groups in total. The lowest BCUT2D eigenvalue weighted by molar-refractivity contribution is -0.241. The Morgan fingerprint density at radius 2 is 1.19 bits per heavy atom. The van der Waals surface area contributed by atoms with Crippen molar-refractivity contribution in [3.8, 4) is 0 Å². The quantitative estimate of drug-likeness (QED) is 0.126. The van der Waals surface area contributed by atoms with Gasteiger partial charge in [0, 0.05) is 26.7 Å². The second-order valence-electron chi connectivity index (χ2n) is 8.93. The zero-order chi connectivity index (χ0) is 23.0. The van der Waals surface area contributed by atoms with Gasteiger partial charge in [0.25, 0.3) is 0 Å². The first-order valence-corrected chi connectivity index (χ1v) is 13.2. The molecule has 0 amide bonds. The van der Waals surface area contributed by atoms with E-state index in [1.807, 2.05) is 6.92 Å². The zero-order valence-corrected chi connectivity index (χ0v) is 21.0. The van der Waals surface area contributed by atoms with Crippen molar-refractivity contribution in [1.29, 1.82) is 0 Å². The van der Waals surface area contributed by atoms with Gasteiger partial charge >= 0.3 is 0 Å². The van der Waals surface area contributed by atoms with Crippen molar-refractivity contribution in [2.45, 2.75) is 135 Å². The molecule has 0 aromatic carbocycles. The minimum atomic E-state index is -0.863. The van der Waals surface area contributed by atoms with Gasteiger partial charge in [-0.05, 0) is 19.3 Å². The fourth-order valence-corrected chi connectivity index (χ4v) is 3.90. The molecule has 0 saturated carbocycles. The summed E-state index contributed by atoms with van der Waals surface area (Å²) >= 11 is 0. The molecule has 0 saturated heterocycles. The maximum atomic E-state index is 9.48. The lowest BCUT2D eigenvalue weighted by Gasteiger charge is -2.32. The minimum Gasteiger partial charge on any atom is -0.394 e. The van der Waals surface area contributed by atoms with E-state index >= 15 is 0 Å². The topological polar surface area (TPSA) is 68.2 Å². The summed E-state index contributed by atoms with van der Waals surface area (Å²) in [5.41, 5.74) is 0. The molecule has 0 rings (SSSR count).